The van der Waals surface area contributed by atoms with E-state index in [-0.39, 0.29) is 36.1 Å². The molecule has 228 valence electrons. The molecule has 4 atom stereocenters. The molecule has 0 unspecified atom stereocenters. The summed E-state index contributed by atoms with van der Waals surface area (Å²) in [6.45, 7) is 6.87. The molecular formula is C33H45N3O6. The van der Waals surface area contributed by atoms with Crippen molar-refractivity contribution in [3.05, 3.63) is 36.0 Å². The van der Waals surface area contributed by atoms with Crippen LogP contribution in [0.4, 0.5) is 0 Å². The highest BCUT2D eigenvalue weighted by Gasteiger charge is 2.50. The number of hydrogen-bond donors (Lipinski definition) is 2. The molecule has 3 fully saturated rings. The van der Waals surface area contributed by atoms with E-state index in [2.05, 4.69) is 10.3 Å². The number of hydrogen-bond acceptors (Lipinski definition) is 7. The number of benzene rings is 1. The summed E-state index contributed by atoms with van der Waals surface area (Å²) in [5, 5.41) is 4.01. The van der Waals surface area contributed by atoms with Gasteiger partial charge in [0.2, 0.25) is 5.91 Å². The number of amides is 1. The van der Waals surface area contributed by atoms with Crippen molar-refractivity contribution in [3.63, 3.8) is 0 Å². The van der Waals surface area contributed by atoms with Crippen LogP contribution in [0.15, 0.2) is 30.5 Å². The third-order valence-electron chi connectivity index (χ3n) is 9.26. The van der Waals surface area contributed by atoms with Crippen LogP contribution in [-0.2, 0) is 35.1 Å². The SMILES string of the molecule is C[C@H](CC(=O)CN1CCOCC1)C(=O)N[C@@H](Cc1ccc2[nH]ccc2c1)C(=O)C[C@@H](CC1CCCC1)C(=O)[C@@]1(C)CO1. The minimum absolute atomic E-state index is 0.000220. The predicted molar refractivity (Wildman–Crippen MR) is 159 cm³/mol. The summed E-state index contributed by atoms with van der Waals surface area (Å²) in [7, 11) is 0. The number of rotatable bonds is 15. The average Bonchev–Trinajstić information content (AvgIpc) is 3.32. The van der Waals surface area contributed by atoms with Crippen molar-refractivity contribution in [1.29, 1.82) is 0 Å². The molecule has 3 aliphatic rings. The maximum Gasteiger partial charge on any atom is 0.223 e. The van der Waals surface area contributed by atoms with Gasteiger partial charge in [-0.15, -0.1) is 0 Å². The topological polar surface area (TPSA) is 121 Å². The van der Waals surface area contributed by atoms with E-state index in [0.29, 0.717) is 58.2 Å². The number of carbonyl (C=O) groups is 4. The molecule has 9 heteroatoms. The van der Waals surface area contributed by atoms with Crippen LogP contribution in [0.25, 0.3) is 10.9 Å². The molecule has 2 aromatic rings. The van der Waals surface area contributed by atoms with Gasteiger partial charge in [-0.2, -0.15) is 0 Å². The Morgan fingerprint density at radius 1 is 1.10 bits per heavy atom. The quantitative estimate of drug-likeness (QED) is 0.309. The maximum absolute atomic E-state index is 13.9. The van der Waals surface area contributed by atoms with E-state index in [4.69, 9.17) is 9.47 Å². The molecule has 0 bridgehead atoms. The molecular weight excluding hydrogens is 534 g/mol. The molecule has 3 heterocycles. The lowest BCUT2D eigenvalue weighted by atomic mass is 9.81. The number of ketones is 3. The Bertz CT molecular complexity index is 1270. The van der Waals surface area contributed by atoms with Gasteiger partial charge < -0.3 is 19.8 Å². The first-order valence-corrected chi connectivity index (χ1v) is 15.6. The Hall–Kier alpha value is -2.88. The van der Waals surface area contributed by atoms with Crippen molar-refractivity contribution >= 4 is 34.2 Å². The van der Waals surface area contributed by atoms with E-state index in [1.54, 1.807) is 6.92 Å². The predicted octanol–water partition coefficient (Wildman–Crippen LogP) is 3.64. The Morgan fingerprint density at radius 2 is 1.83 bits per heavy atom. The van der Waals surface area contributed by atoms with Crippen LogP contribution < -0.4 is 5.32 Å². The minimum atomic E-state index is -0.795. The number of H-pyrrole nitrogens is 1. The van der Waals surface area contributed by atoms with Gasteiger partial charge in [0, 0.05) is 49.5 Å². The van der Waals surface area contributed by atoms with Gasteiger partial charge >= 0.3 is 0 Å². The summed E-state index contributed by atoms with van der Waals surface area (Å²) < 4.78 is 10.8. The number of ether oxygens (including phenoxy) is 2. The number of aromatic nitrogens is 1. The summed E-state index contributed by atoms with van der Waals surface area (Å²) in [5.41, 5.74) is 1.13. The number of aromatic amines is 1. The lowest BCUT2D eigenvalue weighted by molar-refractivity contribution is -0.134. The van der Waals surface area contributed by atoms with Crippen LogP contribution in [0.2, 0.25) is 0 Å². The molecule has 1 amide bonds. The normalized spacial score (nSPS) is 23.4. The second-order valence-electron chi connectivity index (χ2n) is 12.8. The van der Waals surface area contributed by atoms with E-state index in [0.717, 1.165) is 42.1 Å². The number of nitrogens with zero attached hydrogens (tertiary/aromatic N) is 1. The number of morpholine rings is 1. The smallest absolute Gasteiger partial charge is 0.223 e. The molecule has 1 aliphatic carbocycles. The Morgan fingerprint density at radius 3 is 2.55 bits per heavy atom. The second-order valence-corrected chi connectivity index (χ2v) is 12.8. The summed E-state index contributed by atoms with van der Waals surface area (Å²) >= 11 is 0. The second kappa shape index (κ2) is 13.6. The van der Waals surface area contributed by atoms with Gasteiger partial charge in [-0.3, -0.25) is 24.1 Å². The van der Waals surface area contributed by atoms with Gasteiger partial charge in [-0.25, -0.2) is 0 Å². The summed E-state index contributed by atoms with van der Waals surface area (Å²) in [5.74, 6) is -1.02. The van der Waals surface area contributed by atoms with Gasteiger partial charge in [0.15, 0.2) is 11.6 Å². The molecule has 9 nitrogen and oxygen atoms in total. The lowest BCUT2D eigenvalue weighted by Crippen LogP contribution is -2.46. The standard InChI is InChI=1S/C33H45N3O6/c1-22(15-27(37)20-36-11-13-41-14-12-36)32(40)35-29(18-24-7-8-28-25(17-24)9-10-34-28)30(38)19-26(16-23-5-3-4-6-23)31(39)33(2)21-42-33/h7-10,17,22-23,26,29,34H,3-6,11-16,18-21H2,1-2H3,(H,35,40)/t22-,26-,29+,33-/m1/s1. The molecule has 2 saturated heterocycles. The maximum atomic E-state index is 13.9. The van der Waals surface area contributed by atoms with E-state index >= 15 is 0 Å². The van der Waals surface area contributed by atoms with Crippen molar-refractivity contribution in [2.24, 2.45) is 17.8 Å². The summed E-state index contributed by atoms with van der Waals surface area (Å²) in [6, 6.07) is 7.13. The van der Waals surface area contributed by atoms with E-state index in [1.807, 2.05) is 42.3 Å². The molecule has 2 aliphatic heterocycles. The first kappa shape index (κ1) is 30.6. The number of epoxide rings is 1. The molecule has 1 aromatic heterocycles. The minimum Gasteiger partial charge on any atom is -0.379 e. The van der Waals surface area contributed by atoms with Gasteiger partial charge in [0.1, 0.15) is 11.4 Å². The Labute approximate surface area is 248 Å². The largest absolute Gasteiger partial charge is 0.379 e. The van der Waals surface area contributed by atoms with Crippen molar-refractivity contribution in [2.75, 3.05) is 39.5 Å². The molecule has 42 heavy (non-hydrogen) atoms. The van der Waals surface area contributed by atoms with Crippen LogP contribution in [0.1, 0.15) is 64.4 Å². The zero-order valence-electron chi connectivity index (χ0n) is 25.0. The van der Waals surface area contributed by atoms with Crippen molar-refractivity contribution in [3.8, 4) is 0 Å². The van der Waals surface area contributed by atoms with Crippen molar-refractivity contribution in [1.82, 2.24) is 15.2 Å². The lowest BCUT2D eigenvalue weighted by Gasteiger charge is -2.26. The van der Waals surface area contributed by atoms with Crippen LogP contribution in [-0.4, -0.2) is 84.2 Å². The molecule has 1 saturated carbocycles. The molecule has 1 aromatic carbocycles. The fraction of sp³-hybridized carbons (Fsp3) is 0.636. The first-order chi connectivity index (χ1) is 20.2. The van der Waals surface area contributed by atoms with E-state index < -0.39 is 23.5 Å². The Kier molecular flexibility index (Phi) is 9.91. The van der Waals surface area contributed by atoms with E-state index in [1.165, 1.54) is 0 Å². The van der Waals surface area contributed by atoms with Crippen molar-refractivity contribution < 1.29 is 28.7 Å². The van der Waals surface area contributed by atoms with Crippen LogP contribution in [0.5, 0.6) is 0 Å². The third-order valence-corrected chi connectivity index (χ3v) is 9.26. The van der Waals surface area contributed by atoms with Crippen LogP contribution in [0, 0.1) is 17.8 Å². The fourth-order valence-electron chi connectivity index (χ4n) is 6.53. The molecule has 0 spiro atoms. The fourth-order valence-corrected chi connectivity index (χ4v) is 6.53. The zero-order valence-corrected chi connectivity index (χ0v) is 25.0. The van der Waals surface area contributed by atoms with Gasteiger partial charge in [0.05, 0.1) is 32.4 Å². The average molecular weight is 580 g/mol. The number of carbonyl (C=O) groups excluding carboxylic acids is 4. The number of fused-ring (bicyclic) bond motifs is 1. The number of nitrogens with one attached hydrogen (secondary N) is 2. The summed E-state index contributed by atoms with van der Waals surface area (Å²) in [4.78, 5) is 58.7. The first-order valence-electron chi connectivity index (χ1n) is 15.6. The molecule has 2 N–H and O–H groups in total. The molecule has 0 radical (unpaired) electrons. The Balaban J connectivity index is 1.28. The van der Waals surface area contributed by atoms with Crippen LogP contribution >= 0.6 is 0 Å². The zero-order chi connectivity index (χ0) is 29.7. The number of Topliss-reactive ketones (excluding diaryl/α,β-unsaturated/α-hetero) is 3. The van der Waals surface area contributed by atoms with Crippen molar-refractivity contribution in [2.45, 2.75) is 76.9 Å². The van der Waals surface area contributed by atoms with Crippen LogP contribution in [0.3, 0.4) is 0 Å². The van der Waals surface area contributed by atoms with Gasteiger partial charge in [0.25, 0.3) is 0 Å². The summed E-state index contributed by atoms with van der Waals surface area (Å²) in [6.07, 6.45) is 7.56. The van der Waals surface area contributed by atoms with Gasteiger partial charge in [-0.1, -0.05) is 38.7 Å². The highest BCUT2D eigenvalue weighted by molar-refractivity contribution is 5.97. The van der Waals surface area contributed by atoms with Gasteiger partial charge in [-0.05, 0) is 54.8 Å². The molecule has 5 rings (SSSR count). The monoisotopic (exact) mass is 579 g/mol. The third kappa shape index (κ3) is 7.94. The highest BCUT2D eigenvalue weighted by atomic mass is 16.6. The van der Waals surface area contributed by atoms with E-state index in [9.17, 15) is 19.2 Å². The highest BCUT2D eigenvalue weighted by Crippen LogP contribution is 2.37.